The summed E-state index contributed by atoms with van der Waals surface area (Å²) in [6, 6.07) is 23.6. The van der Waals surface area contributed by atoms with Crippen LogP contribution in [0.4, 0.5) is 0 Å². The molecule has 5 rings (SSSR count). The van der Waals surface area contributed by atoms with Gasteiger partial charge in [0, 0.05) is 29.9 Å². The average molecular weight is 395 g/mol. The van der Waals surface area contributed by atoms with E-state index in [1.54, 1.807) is 12.4 Å². The Morgan fingerprint density at radius 3 is 2.67 bits per heavy atom. The number of carbonyl (C=O) groups excluding carboxylic acids is 1. The molecule has 0 saturated carbocycles. The fourth-order valence-corrected chi connectivity index (χ4v) is 3.89. The third kappa shape index (κ3) is 3.55. The second kappa shape index (κ2) is 8.05. The first-order valence-corrected chi connectivity index (χ1v) is 10.1. The number of nitrogens with zero attached hydrogens (tertiary/aromatic N) is 3. The standard InChI is InChI=1S/C25H21N3O2/c29-25(28-13-14-30-24(17-28)18-7-2-1-3-8-18)21-15-23(19-9-6-12-26-16-19)27-22-11-5-4-10-20(21)22/h1-12,15-16,24H,13-14,17H2. The molecule has 1 fully saturated rings. The van der Waals surface area contributed by atoms with Gasteiger partial charge in [0.1, 0.15) is 6.10 Å². The Morgan fingerprint density at radius 1 is 1.00 bits per heavy atom. The lowest BCUT2D eigenvalue weighted by molar-refractivity contribution is -0.0227. The Morgan fingerprint density at radius 2 is 1.83 bits per heavy atom. The molecule has 0 bridgehead atoms. The minimum Gasteiger partial charge on any atom is -0.370 e. The molecule has 3 heterocycles. The van der Waals surface area contributed by atoms with Gasteiger partial charge in [-0.05, 0) is 29.8 Å². The van der Waals surface area contributed by atoms with Crippen LogP contribution in [0.5, 0.6) is 0 Å². The molecule has 1 unspecified atom stereocenters. The normalized spacial score (nSPS) is 16.5. The van der Waals surface area contributed by atoms with Gasteiger partial charge in [-0.2, -0.15) is 0 Å². The van der Waals surface area contributed by atoms with Crippen molar-refractivity contribution in [2.45, 2.75) is 6.10 Å². The zero-order valence-corrected chi connectivity index (χ0v) is 16.4. The van der Waals surface area contributed by atoms with E-state index < -0.39 is 0 Å². The van der Waals surface area contributed by atoms with Crippen LogP contribution in [0.2, 0.25) is 0 Å². The maximum Gasteiger partial charge on any atom is 0.254 e. The summed E-state index contributed by atoms with van der Waals surface area (Å²) in [5, 5.41) is 0.859. The first kappa shape index (κ1) is 18.5. The quantitative estimate of drug-likeness (QED) is 0.512. The Hall–Kier alpha value is -3.57. The minimum absolute atomic E-state index is 0.00275. The zero-order valence-electron chi connectivity index (χ0n) is 16.4. The van der Waals surface area contributed by atoms with Gasteiger partial charge in [-0.25, -0.2) is 4.98 Å². The van der Waals surface area contributed by atoms with Gasteiger partial charge in [0.25, 0.3) is 5.91 Å². The van der Waals surface area contributed by atoms with Crippen LogP contribution in [0, 0.1) is 0 Å². The van der Waals surface area contributed by atoms with Crippen molar-refractivity contribution in [3.8, 4) is 11.3 Å². The van der Waals surface area contributed by atoms with Crippen LogP contribution < -0.4 is 0 Å². The van der Waals surface area contributed by atoms with Crippen LogP contribution in [0.25, 0.3) is 22.2 Å². The number of fused-ring (bicyclic) bond motifs is 1. The lowest BCUT2D eigenvalue weighted by Gasteiger charge is -2.33. The topological polar surface area (TPSA) is 55.3 Å². The van der Waals surface area contributed by atoms with Gasteiger partial charge in [0.2, 0.25) is 0 Å². The fraction of sp³-hybridized carbons (Fsp3) is 0.160. The molecule has 4 aromatic rings. The zero-order chi connectivity index (χ0) is 20.3. The van der Waals surface area contributed by atoms with Crippen molar-refractivity contribution in [1.82, 2.24) is 14.9 Å². The second-order valence-corrected chi connectivity index (χ2v) is 7.34. The van der Waals surface area contributed by atoms with E-state index in [4.69, 9.17) is 9.72 Å². The van der Waals surface area contributed by atoms with Crippen LogP contribution in [-0.2, 0) is 4.74 Å². The number of aromatic nitrogens is 2. The van der Waals surface area contributed by atoms with Crippen LogP contribution in [0.15, 0.2) is 85.2 Å². The number of hydrogen-bond acceptors (Lipinski definition) is 4. The van der Waals surface area contributed by atoms with Crippen molar-refractivity contribution in [2.24, 2.45) is 0 Å². The predicted octanol–water partition coefficient (Wildman–Crippen LogP) is 4.51. The minimum atomic E-state index is -0.116. The van der Waals surface area contributed by atoms with Crippen molar-refractivity contribution in [3.05, 3.63) is 96.3 Å². The van der Waals surface area contributed by atoms with Gasteiger partial charge >= 0.3 is 0 Å². The molecule has 0 radical (unpaired) electrons. The van der Waals surface area contributed by atoms with Gasteiger partial charge in [0.15, 0.2) is 0 Å². The molecule has 1 atom stereocenters. The summed E-state index contributed by atoms with van der Waals surface area (Å²) >= 11 is 0. The summed E-state index contributed by atoms with van der Waals surface area (Å²) in [6.07, 6.45) is 3.38. The first-order valence-electron chi connectivity index (χ1n) is 10.1. The molecule has 30 heavy (non-hydrogen) atoms. The number of pyridine rings is 2. The Kier molecular flexibility index (Phi) is 4.95. The summed E-state index contributed by atoms with van der Waals surface area (Å²) < 4.78 is 5.95. The van der Waals surface area contributed by atoms with Gasteiger partial charge in [-0.3, -0.25) is 9.78 Å². The number of morpholine rings is 1. The van der Waals surface area contributed by atoms with Crippen molar-refractivity contribution in [1.29, 1.82) is 0 Å². The van der Waals surface area contributed by atoms with E-state index in [-0.39, 0.29) is 12.0 Å². The van der Waals surface area contributed by atoms with Crippen LogP contribution in [0.1, 0.15) is 22.0 Å². The van der Waals surface area contributed by atoms with Crippen molar-refractivity contribution in [3.63, 3.8) is 0 Å². The fourth-order valence-electron chi connectivity index (χ4n) is 3.89. The highest BCUT2D eigenvalue weighted by atomic mass is 16.5. The number of amides is 1. The van der Waals surface area contributed by atoms with Crippen molar-refractivity contribution >= 4 is 16.8 Å². The Balaban J connectivity index is 1.52. The van der Waals surface area contributed by atoms with Crippen molar-refractivity contribution in [2.75, 3.05) is 19.7 Å². The van der Waals surface area contributed by atoms with E-state index >= 15 is 0 Å². The molecule has 148 valence electrons. The molecular formula is C25H21N3O2. The number of benzene rings is 2. The van der Waals surface area contributed by atoms with E-state index in [0.717, 1.165) is 27.7 Å². The van der Waals surface area contributed by atoms with E-state index in [1.807, 2.05) is 77.7 Å². The van der Waals surface area contributed by atoms with Crippen molar-refractivity contribution < 1.29 is 9.53 Å². The Bertz CT molecular complexity index is 1180. The molecule has 1 saturated heterocycles. The van der Waals surface area contributed by atoms with Crippen LogP contribution in [-0.4, -0.2) is 40.5 Å². The van der Waals surface area contributed by atoms with E-state index in [2.05, 4.69) is 4.98 Å². The molecular weight excluding hydrogens is 374 g/mol. The first-order chi connectivity index (χ1) is 14.8. The molecule has 2 aromatic carbocycles. The lowest BCUT2D eigenvalue weighted by atomic mass is 10.0. The third-order valence-corrected chi connectivity index (χ3v) is 5.43. The number of ether oxygens (including phenoxy) is 1. The molecule has 5 heteroatoms. The molecule has 0 N–H and O–H groups in total. The number of hydrogen-bond donors (Lipinski definition) is 0. The lowest BCUT2D eigenvalue weighted by Crippen LogP contribution is -2.42. The van der Waals surface area contributed by atoms with Crippen LogP contribution in [0.3, 0.4) is 0 Å². The third-order valence-electron chi connectivity index (χ3n) is 5.43. The number of para-hydroxylation sites is 1. The second-order valence-electron chi connectivity index (χ2n) is 7.34. The van der Waals surface area contributed by atoms with Gasteiger partial charge in [-0.15, -0.1) is 0 Å². The van der Waals surface area contributed by atoms with Crippen LogP contribution >= 0.6 is 0 Å². The summed E-state index contributed by atoms with van der Waals surface area (Å²) in [5.41, 5.74) is 4.19. The predicted molar refractivity (Wildman–Crippen MR) is 116 cm³/mol. The van der Waals surface area contributed by atoms with E-state index in [1.165, 1.54) is 0 Å². The monoisotopic (exact) mass is 395 g/mol. The highest BCUT2D eigenvalue weighted by Crippen LogP contribution is 2.28. The highest BCUT2D eigenvalue weighted by Gasteiger charge is 2.27. The molecule has 5 nitrogen and oxygen atoms in total. The summed E-state index contributed by atoms with van der Waals surface area (Å²) in [5.74, 6) is 0.00275. The van der Waals surface area contributed by atoms with Gasteiger partial charge < -0.3 is 9.64 Å². The SMILES string of the molecule is O=C(c1cc(-c2cccnc2)nc2ccccc12)N1CCOC(c2ccccc2)C1. The molecule has 2 aromatic heterocycles. The molecule has 0 spiro atoms. The summed E-state index contributed by atoms with van der Waals surface area (Å²) in [7, 11) is 0. The molecule has 1 amide bonds. The largest absolute Gasteiger partial charge is 0.370 e. The van der Waals surface area contributed by atoms with Gasteiger partial charge in [-0.1, -0.05) is 48.5 Å². The maximum absolute atomic E-state index is 13.6. The number of carbonyl (C=O) groups is 1. The molecule has 1 aliphatic heterocycles. The summed E-state index contributed by atoms with van der Waals surface area (Å²) in [4.78, 5) is 24.4. The molecule has 0 aliphatic carbocycles. The Labute approximate surface area is 175 Å². The van der Waals surface area contributed by atoms with E-state index in [0.29, 0.717) is 25.3 Å². The maximum atomic E-state index is 13.6. The number of rotatable bonds is 3. The molecule has 1 aliphatic rings. The average Bonchev–Trinajstić information content (AvgIpc) is 2.84. The smallest absolute Gasteiger partial charge is 0.254 e. The van der Waals surface area contributed by atoms with E-state index in [9.17, 15) is 4.79 Å². The highest BCUT2D eigenvalue weighted by molar-refractivity contribution is 6.07. The summed E-state index contributed by atoms with van der Waals surface area (Å²) in [6.45, 7) is 1.62. The van der Waals surface area contributed by atoms with Gasteiger partial charge in [0.05, 0.1) is 29.9 Å².